The molecular weight excluding hydrogens is 340 g/mol. The van der Waals surface area contributed by atoms with Gasteiger partial charge in [0.15, 0.2) is 17.3 Å². The van der Waals surface area contributed by atoms with Crippen LogP contribution >= 0.6 is 0 Å². The van der Waals surface area contributed by atoms with Crippen molar-refractivity contribution in [3.05, 3.63) is 71.8 Å². The molecule has 4 nitrogen and oxygen atoms in total. The number of carbonyl (C=O) groups excluding carboxylic acids is 1. The lowest BCUT2D eigenvalue weighted by Crippen LogP contribution is -2.15. The minimum absolute atomic E-state index is 0.0950. The van der Waals surface area contributed by atoms with Crippen molar-refractivity contribution >= 4 is 22.6 Å². The Morgan fingerprint density at radius 2 is 1.85 bits per heavy atom. The molecule has 1 aliphatic rings. The topological polar surface area (TPSA) is 44.8 Å². The van der Waals surface area contributed by atoms with Gasteiger partial charge in [-0.25, -0.2) is 0 Å². The lowest BCUT2D eigenvalue weighted by atomic mass is 10.0. The van der Waals surface area contributed by atoms with E-state index in [0.29, 0.717) is 36.9 Å². The molecule has 0 spiro atoms. The van der Waals surface area contributed by atoms with Crippen molar-refractivity contribution < 1.29 is 19.0 Å². The molecule has 3 aromatic carbocycles. The zero-order valence-electron chi connectivity index (χ0n) is 15.1. The molecule has 0 radical (unpaired) electrons. The van der Waals surface area contributed by atoms with Gasteiger partial charge in [-0.05, 0) is 54.1 Å². The Bertz CT molecular complexity index is 1020. The molecule has 0 unspecified atom stereocenters. The average molecular weight is 360 g/mol. The van der Waals surface area contributed by atoms with Gasteiger partial charge in [0.1, 0.15) is 19.0 Å². The van der Waals surface area contributed by atoms with E-state index in [-0.39, 0.29) is 5.78 Å². The summed E-state index contributed by atoms with van der Waals surface area (Å²) in [6.07, 6.45) is 3.40. The van der Waals surface area contributed by atoms with E-state index < -0.39 is 0 Å². The van der Waals surface area contributed by atoms with Crippen LogP contribution in [0.5, 0.6) is 17.2 Å². The second-order valence-corrected chi connectivity index (χ2v) is 6.19. The predicted octanol–water partition coefficient (Wildman–Crippen LogP) is 4.91. The van der Waals surface area contributed by atoms with Crippen LogP contribution in [0.4, 0.5) is 0 Å². The van der Waals surface area contributed by atoms with Crippen LogP contribution in [0.2, 0.25) is 0 Å². The van der Waals surface area contributed by atoms with Crippen LogP contribution in [0.15, 0.2) is 60.7 Å². The lowest BCUT2D eigenvalue weighted by molar-refractivity contribution is 0.104. The molecule has 1 heterocycles. The fraction of sp³-hybridized carbons (Fsp3) is 0.174. The number of ketones is 1. The summed E-state index contributed by atoms with van der Waals surface area (Å²) in [6, 6.07) is 17.3. The summed E-state index contributed by atoms with van der Waals surface area (Å²) in [5.74, 6) is 1.96. The lowest BCUT2D eigenvalue weighted by Gasteiger charge is -2.18. The number of allylic oxidation sites excluding steroid dienone is 1. The first-order valence-electron chi connectivity index (χ1n) is 9.03. The van der Waals surface area contributed by atoms with Gasteiger partial charge in [-0.3, -0.25) is 4.79 Å². The molecule has 0 bridgehead atoms. The minimum atomic E-state index is -0.0950. The Kier molecular flexibility index (Phi) is 4.79. The molecule has 4 heteroatoms. The molecule has 0 aliphatic carbocycles. The number of hydrogen-bond acceptors (Lipinski definition) is 4. The fourth-order valence-corrected chi connectivity index (χ4v) is 3.18. The van der Waals surface area contributed by atoms with Gasteiger partial charge in [0.05, 0.1) is 6.61 Å². The molecule has 1 aliphatic heterocycles. The summed E-state index contributed by atoms with van der Waals surface area (Å²) < 4.78 is 16.8. The predicted molar refractivity (Wildman–Crippen MR) is 106 cm³/mol. The van der Waals surface area contributed by atoms with Crippen molar-refractivity contribution in [2.75, 3.05) is 19.8 Å². The second-order valence-electron chi connectivity index (χ2n) is 6.19. The van der Waals surface area contributed by atoms with E-state index in [1.165, 1.54) is 0 Å². The first-order chi connectivity index (χ1) is 13.3. The Balaban J connectivity index is 1.68. The molecular formula is C23H20O4. The van der Waals surface area contributed by atoms with E-state index in [2.05, 4.69) is 0 Å². The van der Waals surface area contributed by atoms with Crippen molar-refractivity contribution in [2.45, 2.75) is 6.92 Å². The van der Waals surface area contributed by atoms with Crippen LogP contribution in [0.3, 0.4) is 0 Å². The third-order valence-corrected chi connectivity index (χ3v) is 4.46. The quantitative estimate of drug-likeness (QED) is 0.479. The highest BCUT2D eigenvalue weighted by molar-refractivity contribution is 6.08. The maximum Gasteiger partial charge on any atom is 0.185 e. The number of hydrogen-bond donors (Lipinski definition) is 0. The Labute approximate surface area is 158 Å². The summed E-state index contributed by atoms with van der Waals surface area (Å²) >= 11 is 0. The molecule has 27 heavy (non-hydrogen) atoms. The van der Waals surface area contributed by atoms with Gasteiger partial charge in [0.2, 0.25) is 0 Å². The smallest absolute Gasteiger partial charge is 0.185 e. The van der Waals surface area contributed by atoms with E-state index in [9.17, 15) is 4.79 Å². The van der Waals surface area contributed by atoms with Crippen molar-refractivity contribution in [3.63, 3.8) is 0 Å². The van der Waals surface area contributed by atoms with Gasteiger partial charge >= 0.3 is 0 Å². The Morgan fingerprint density at radius 3 is 2.70 bits per heavy atom. The summed E-state index contributed by atoms with van der Waals surface area (Å²) in [6.45, 7) is 3.54. The van der Waals surface area contributed by atoms with E-state index in [1.54, 1.807) is 24.3 Å². The standard InChI is InChI=1S/C23H20O4/c1-2-25-21-11-7-16-5-3-4-6-18(16)19(21)9-10-20(24)17-8-12-22-23(15-17)27-14-13-26-22/h3-12,15H,2,13-14H2,1H3/b10-9+. The molecule has 0 atom stereocenters. The van der Waals surface area contributed by atoms with Crippen LogP contribution in [-0.4, -0.2) is 25.6 Å². The van der Waals surface area contributed by atoms with Gasteiger partial charge in [-0.1, -0.05) is 30.3 Å². The van der Waals surface area contributed by atoms with Crippen LogP contribution in [0, 0.1) is 0 Å². The maximum absolute atomic E-state index is 12.7. The zero-order valence-corrected chi connectivity index (χ0v) is 15.1. The molecule has 0 fully saturated rings. The SMILES string of the molecule is CCOc1ccc2ccccc2c1/C=C/C(=O)c1ccc2c(c1)OCCO2. The third-order valence-electron chi connectivity index (χ3n) is 4.46. The largest absolute Gasteiger partial charge is 0.493 e. The maximum atomic E-state index is 12.7. The van der Waals surface area contributed by atoms with E-state index in [4.69, 9.17) is 14.2 Å². The summed E-state index contributed by atoms with van der Waals surface area (Å²) in [7, 11) is 0. The van der Waals surface area contributed by atoms with Crippen LogP contribution in [-0.2, 0) is 0 Å². The average Bonchev–Trinajstić information content (AvgIpc) is 2.72. The zero-order chi connectivity index (χ0) is 18.6. The van der Waals surface area contributed by atoms with Gasteiger partial charge in [0.25, 0.3) is 0 Å². The summed E-state index contributed by atoms with van der Waals surface area (Å²) in [5, 5.41) is 2.15. The minimum Gasteiger partial charge on any atom is -0.493 e. The fourth-order valence-electron chi connectivity index (χ4n) is 3.18. The molecule has 136 valence electrons. The first-order valence-corrected chi connectivity index (χ1v) is 9.03. The highest BCUT2D eigenvalue weighted by atomic mass is 16.6. The van der Waals surface area contributed by atoms with Crippen molar-refractivity contribution in [2.24, 2.45) is 0 Å². The Morgan fingerprint density at radius 1 is 1.04 bits per heavy atom. The number of benzene rings is 3. The number of fused-ring (bicyclic) bond motifs is 2. The summed E-state index contributed by atoms with van der Waals surface area (Å²) in [5.41, 5.74) is 1.47. The first kappa shape index (κ1) is 17.2. The monoisotopic (exact) mass is 360 g/mol. The van der Waals surface area contributed by atoms with Gasteiger partial charge < -0.3 is 14.2 Å². The molecule has 0 saturated heterocycles. The molecule has 3 aromatic rings. The van der Waals surface area contributed by atoms with Crippen molar-refractivity contribution in [1.82, 2.24) is 0 Å². The van der Waals surface area contributed by atoms with Crippen LogP contribution < -0.4 is 14.2 Å². The molecule has 0 saturated carbocycles. The van der Waals surface area contributed by atoms with Crippen molar-refractivity contribution in [1.29, 1.82) is 0 Å². The third kappa shape index (κ3) is 3.51. The second kappa shape index (κ2) is 7.54. The van der Waals surface area contributed by atoms with E-state index in [1.807, 2.05) is 49.4 Å². The molecule has 0 N–H and O–H groups in total. The van der Waals surface area contributed by atoms with Crippen molar-refractivity contribution in [3.8, 4) is 17.2 Å². The van der Waals surface area contributed by atoms with Gasteiger partial charge in [0, 0.05) is 11.1 Å². The number of ether oxygens (including phenoxy) is 3. The molecule has 0 amide bonds. The highest BCUT2D eigenvalue weighted by Crippen LogP contribution is 2.32. The van der Waals surface area contributed by atoms with E-state index in [0.717, 1.165) is 22.1 Å². The number of carbonyl (C=O) groups is 1. The van der Waals surface area contributed by atoms with Gasteiger partial charge in [-0.15, -0.1) is 0 Å². The number of rotatable bonds is 5. The van der Waals surface area contributed by atoms with E-state index >= 15 is 0 Å². The van der Waals surface area contributed by atoms with Crippen LogP contribution in [0.1, 0.15) is 22.8 Å². The summed E-state index contributed by atoms with van der Waals surface area (Å²) in [4.78, 5) is 12.7. The van der Waals surface area contributed by atoms with Crippen LogP contribution in [0.25, 0.3) is 16.8 Å². The molecule has 4 rings (SSSR count). The Hall–Kier alpha value is -3.27. The van der Waals surface area contributed by atoms with Gasteiger partial charge in [-0.2, -0.15) is 0 Å². The highest BCUT2D eigenvalue weighted by Gasteiger charge is 2.14. The molecule has 0 aromatic heterocycles. The normalized spacial score (nSPS) is 13.1.